The second kappa shape index (κ2) is 7.29. The first-order chi connectivity index (χ1) is 12.6. The second-order valence-corrected chi connectivity index (χ2v) is 8.22. The lowest BCUT2D eigenvalue weighted by molar-refractivity contribution is -0.170. The van der Waals surface area contributed by atoms with Crippen molar-refractivity contribution in [3.63, 3.8) is 0 Å². The third-order valence-corrected chi connectivity index (χ3v) is 6.75. The molecule has 1 saturated carbocycles. The Hall–Kier alpha value is -1.43. The molecule has 2 bridgehead atoms. The summed E-state index contributed by atoms with van der Waals surface area (Å²) >= 11 is 0. The molecular weight excluding hydrogens is 328 g/mol. The molecule has 1 aromatic rings. The van der Waals surface area contributed by atoms with E-state index in [2.05, 4.69) is 11.0 Å². The van der Waals surface area contributed by atoms with E-state index in [1.807, 2.05) is 19.2 Å². The normalized spacial score (nSPS) is 34.7. The molecule has 3 atom stereocenters. The fraction of sp³-hybridized carbons (Fsp3) is 0.667. The van der Waals surface area contributed by atoms with Gasteiger partial charge in [-0.2, -0.15) is 0 Å². The Bertz CT molecular complexity index is 642. The topological polar surface area (TPSA) is 64.8 Å². The van der Waals surface area contributed by atoms with Crippen LogP contribution in [0.5, 0.6) is 0 Å². The Morgan fingerprint density at radius 3 is 2.69 bits per heavy atom. The van der Waals surface area contributed by atoms with Gasteiger partial charge in [0.15, 0.2) is 0 Å². The zero-order chi connectivity index (χ0) is 18.1. The van der Waals surface area contributed by atoms with Crippen molar-refractivity contribution in [2.75, 3.05) is 40.0 Å². The van der Waals surface area contributed by atoms with Crippen LogP contribution < -0.4 is 5.73 Å². The molecule has 26 heavy (non-hydrogen) atoms. The predicted octanol–water partition coefficient (Wildman–Crippen LogP) is 2.40. The molecule has 2 heterocycles. The standard InChI is InChI=1S/C21H30N2O3/c1-25-21(17-5-2-4-16(10-17)20(22)24)18-6-3-7-19(21)13-23(12-18)11-15-8-9-26-14-15/h2,4-5,10,15,18-19H,3,6-9,11-14H2,1H3,(H2,22,24)/t15-,18?,19?,21?/m0/s1. The number of methoxy groups -OCH3 is 1. The van der Waals surface area contributed by atoms with Gasteiger partial charge in [0.25, 0.3) is 0 Å². The highest BCUT2D eigenvalue weighted by Gasteiger charge is 2.53. The lowest BCUT2D eigenvalue weighted by Crippen LogP contribution is -2.59. The summed E-state index contributed by atoms with van der Waals surface area (Å²) in [5.41, 5.74) is 6.92. The number of ether oxygens (including phenoxy) is 2. The van der Waals surface area contributed by atoms with Gasteiger partial charge in [0.1, 0.15) is 5.60 Å². The van der Waals surface area contributed by atoms with Crippen molar-refractivity contribution in [3.8, 4) is 0 Å². The third-order valence-electron chi connectivity index (χ3n) is 6.75. The van der Waals surface area contributed by atoms with Gasteiger partial charge in [-0.05, 0) is 42.9 Å². The van der Waals surface area contributed by atoms with Crippen molar-refractivity contribution in [1.82, 2.24) is 4.90 Å². The van der Waals surface area contributed by atoms with Crippen LogP contribution in [-0.2, 0) is 15.1 Å². The van der Waals surface area contributed by atoms with E-state index >= 15 is 0 Å². The predicted molar refractivity (Wildman–Crippen MR) is 99.8 cm³/mol. The number of hydrogen-bond acceptors (Lipinski definition) is 4. The fourth-order valence-electron chi connectivity index (χ4n) is 5.60. The van der Waals surface area contributed by atoms with Crippen molar-refractivity contribution in [2.45, 2.75) is 31.3 Å². The van der Waals surface area contributed by atoms with E-state index in [1.165, 1.54) is 25.7 Å². The van der Waals surface area contributed by atoms with Gasteiger partial charge < -0.3 is 20.1 Å². The molecule has 5 heteroatoms. The number of rotatable bonds is 5. The lowest BCUT2D eigenvalue weighted by Gasteiger charge is -2.55. The number of likely N-dealkylation sites (tertiary alicyclic amines) is 1. The van der Waals surface area contributed by atoms with Crippen LogP contribution in [0.3, 0.4) is 0 Å². The van der Waals surface area contributed by atoms with Crippen molar-refractivity contribution in [3.05, 3.63) is 35.4 Å². The number of hydrogen-bond donors (Lipinski definition) is 1. The maximum absolute atomic E-state index is 11.7. The van der Waals surface area contributed by atoms with E-state index in [4.69, 9.17) is 15.2 Å². The average molecular weight is 358 g/mol. The summed E-state index contributed by atoms with van der Waals surface area (Å²) in [6.07, 6.45) is 4.78. The Morgan fingerprint density at radius 2 is 2.08 bits per heavy atom. The number of carbonyl (C=O) groups excluding carboxylic acids is 1. The molecule has 1 amide bonds. The highest BCUT2D eigenvalue weighted by molar-refractivity contribution is 5.92. The van der Waals surface area contributed by atoms with Crippen LogP contribution in [0.15, 0.2) is 24.3 Å². The molecule has 0 aromatic heterocycles. The molecule has 2 aliphatic heterocycles. The van der Waals surface area contributed by atoms with Crippen molar-refractivity contribution < 1.29 is 14.3 Å². The van der Waals surface area contributed by atoms with Gasteiger partial charge in [-0.1, -0.05) is 18.6 Å². The molecule has 2 N–H and O–H groups in total. The van der Waals surface area contributed by atoms with Gasteiger partial charge >= 0.3 is 0 Å². The molecule has 1 aliphatic carbocycles. The first kappa shape index (κ1) is 18.0. The van der Waals surface area contributed by atoms with E-state index in [0.29, 0.717) is 23.3 Å². The summed E-state index contributed by atoms with van der Waals surface area (Å²) < 4.78 is 11.8. The Morgan fingerprint density at radius 1 is 1.31 bits per heavy atom. The van der Waals surface area contributed by atoms with Crippen LogP contribution in [0.2, 0.25) is 0 Å². The molecule has 2 saturated heterocycles. The lowest BCUT2D eigenvalue weighted by atomic mass is 9.62. The molecule has 3 aliphatic rings. The van der Waals surface area contributed by atoms with E-state index < -0.39 is 0 Å². The first-order valence-electron chi connectivity index (χ1n) is 9.89. The maximum Gasteiger partial charge on any atom is 0.248 e. The van der Waals surface area contributed by atoms with Gasteiger partial charge in [-0.15, -0.1) is 0 Å². The van der Waals surface area contributed by atoms with Gasteiger partial charge in [0.2, 0.25) is 5.91 Å². The zero-order valence-corrected chi connectivity index (χ0v) is 15.7. The summed E-state index contributed by atoms with van der Waals surface area (Å²) in [7, 11) is 1.84. The number of amides is 1. The Labute approximate surface area is 155 Å². The van der Waals surface area contributed by atoms with Crippen LogP contribution in [0.25, 0.3) is 0 Å². The minimum atomic E-state index is -0.373. The van der Waals surface area contributed by atoms with Crippen LogP contribution in [0.4, 0.5) is 0 Å². The van der Waals surface area contributed by atoms with Gasteiger partial charge in [0, 0.05) is 50.8 Å². The molecule has 1 aromatic carbocycles. The quantitative estimate of drug-likeness (QED) is 0.878. The largest absolute Gasteiger partial charge is 0.381 e. The zero-order valence-electron chi connectivity index (χ0n) is 15.7. The van der Waals surface area contributed by atoms with E-state index in [1.54, 1.807) is 6.07 Å². The Kier molecular flexibility index (Phi) is 5.04. The monoisotopic (exact) mass is 358 g/mol. The summed E-state index contributed by atoms with van der Waals surface area (Å²) in [6.45, 7) is 5.06. The molecule has 2 unspecified atom stereocenters. The first-order valence-corrected chi connectivity index (χ1v) is 9.89. The SMILES string of the molecule is COC1(c2cccc(C(N)=O)c2)C2CCCC1CN(C[C@@H]1CCOC1)C2. The summed E-state index contributed by atoms with van der Waals surface area (Å²) in [6, 6.07) is 7.80. The van der Waals surface area contributed by atoms with Crippen molar-refractivity contribution >= 4 is 5.91 Å². The van der Waals surface area contributed by atoms with Crippen molar-refractivity contribution in [1.29, 1.82) is 0 Å². The molecular formula is C21H30N2O3. The summed E-state index contributed by atoms with van der Waals surface area (Å²) in [5, 5.41) is 0. The number of fused-ring (bicyclic) bond motifs is 2. The highest BCUT2D eigenvalue weighted by Crippen LogP contribution is 2.51. The van der Waals surface area contributed by atoms with Crippen LogP contribution in [0.1, 0.15) is 41.6 Å². The smallest absolute Gasteiger partial charge is 0.248 e. The molecule has 3 fully saturated rings. The van der Waals surface area contributed by atoms with E-state index in [0.717, 1.165) is 38.4 Å². The van der Waals surface area contributed by atoms with Crippen LogP contribution in [0, 0.1) is 17.8 Å². The third kappa shape index (κ3) is 3.06. The van der Waals surface area contributed by atoms with Gasteiger partial charge in [-0.25, -0.2) is 0 Å². The Balaban J connectivity index is 1.61. The molecule has 0 radical (unpaired) electrons. The average Bonchev–Trinajstić information content (AvgIpc) is 3.14. The van der Waals surface area contributed by atoms with Crippen molar-refractivity contribution in [2.24, 2.45) is 23.5 Å². The second-order valence-electron chi connectivity index (χ2n) is 8.22. The van der Waals surface area contributed by atoms with E-state index in [9.17, 15) is 4.79 Å². The number of nitrogens with zero attached hydrogens (tertiary/aromatic N) is 1. The number of piperidine rings is 1. The number of carbonyl (C=O) groups is 1. The molecule has 5 nitrogen and oxygen atoms in total. The maximum atomic E-state index is 11.7. The van der Waals surface area contributed by atoms with Crippen LogP contribution in [-0.4, -0.2) is 50.8 Å². The van der Waals surface area contributed by atoms with E-state index in [-0.39, 0.29) is 11.5 Å². The summed E-state index contributed by atoms with van der Waals surface area (Å²) in [5.74, 6) is 1.20. The van der Waals surface area contributed by atoms with Gasteiger partial charge in [-0.3, -0.25) is 4.79 Å². The molecule has 0 spiro atoms. The molecule has 4 rings (SSSR count). The summed E-state index contributed by atoms with van der Waals surface area (Å²) in [4.78, 5) is 14.3. The minimum Gasteiger partial charge on any atom is -0.381 e. The highest BCUT2D eigenvalue weighted by atomic mass is 16.5. The van der Waals surface area contributed by atoms with Crippen LogP contribution >= 0.6 is 0 Å². The number of benzene rings is 1. The minimum absolute atomic E-state index is 0.299. The molecule has 142 valence electrons. The fourth-order valence-corrected chi connectivity index (χ4v) is 5.60. The van der Waals surface area contributed by atoms with Gasteiger partial charge in [0.05, 0.1) is 6.61 Å². The number of primary amides is 1. The number of nitrogens with two attached hydrogens (primary N) is 1.